The fraction of sp³-hybridized carbons (Fsp3) is 0.143. The SMILES string of the molecule is O=C1CCC(=O)N1Br.Oc1cccc2ccccc12. The van der Waals surface area contributed by atoms with Gasteiger partial charge in [0.25, 0.3) is 0 Å². The van der Waals surface area contributed by atoms with E-state index in [9.17, 15) is 14.7 Å². The molecule has 1 heterocycles. The van der Waals surface area contributed by atoms with Crippen LogP contribution in [0, 0.1) is 0 Å². The van der Waals surface area contributed by atoms with E-state index in [2.05, 4.69) is 16.1 Å². The van der Waals surface area contributed by atoms with Gasteiger partial charge < -0.3 is 5.11 Å². The quantitative estimate of drug-likeness (QED) is 0.599. The minimum Gasteiger partial charge on any atom is -0.507 e. The molecule has 4 nitrogen and oxygen atoms in total. The van der Waals surface area contributed by atoms with Gasteiger partial charge in [0.05, 0.1) is 16.1 Å². The van der Waals surface area contributed by atoms with Gasteiger partial charge in [-0.2, -0.15) is 0 Å². The van der Waals surface area contributed by atoms with Crippen LogP contribution in [0.3, 0.4) is 0 Å². The van der Waals surface area contributed by atoms with Gasteiger partial charge >= 0.3 is 0 Å². The molecule has 2 aromatic rings. The molecule has 0 spiro atoms. The Balaban J connectivity index is 0.000000148. The van der Waals surface area contributed by atoms with E-state index < -0.39 is 0 Å². The van der Waals surface area contributed by atoms with Gasteiger partial charge in [-0.05, 0) is 11.5 Å². The van der Waals surface area contributed by atoms with E-state index in [-0.39, 0.29) is 11.8 Å². The number of phenolic OH excluding ortho intramolecular Hbond substituents is 1. The zero-order chi connectivity index (χ0) is 13.8. The monoisotopic (exact) mass is 321 g/mol. The van der Waals surface area contributed by atoms with Crippen molar-refractivity contribution < 1.29 is 14.7 Å². The Kier molecular flexibility index (Phi) is 4.16. The second-order valence-electron chi connectivity index (χ2n) is 4.07. The van der Waals surface area contributed by atoms with Gasteiger partial charge in [0.1, 0.15) is 5.75 Å². The molecular weight excluding hydrogens is 310 g/mol. The maximum Gasteiger partial charge on any atom is 0.239 e. The Hall–Kier alpha value is -1.88. The van der Waals surface area contributed by atoms with Gasteiger partial charge in [-0.15, -0.1) is 0 Å². The fourth-order valence-electron chi connectivity index (χ4n) is 1.76. The maximum absolute atomic E-state index is 10.4. The van der Waals surface area contributed by atoms with Crippen LogP contribution in [0.2, 0.25) is 0 Å². The summed E-state index contributed by atoms with van der Waals surface area (Å²) in [7, 11) is 0. The lowest BCUT2D eigenvalue weighted by atomic mass is 10.1. The molecule has 2 amide bonds. The van der Waals surface area contributed by atoms with Crippen molar-refractivity contribution >= 4 is 38.7 Å². The van der Waals surface area contributed by atoms with Crippen LogP contribution in [0.4, 0.5) is 0 Å². The van der Waals surface area contributed by atoms with Crippen molar-refractivity contribution in [1.29, 1.82) is 0 Å². The summed E-state index contributed by atoms with van der Waals surface area (Å²) in [4.78, 5) is 20.9. The van der Waals surface area contributed by atoms with Crippen LogP contribution in [0.15, 0.2) is 42.5 Å². The fourth-order valence-corrected chi connectivity index (χ4v) is 2.11. The molecule has 0 bridgehead atoms. The third-order valence-electron chi connectivity index (χ3n) is 2.76. The number of nitrogens with zero attached hydrogens (tertiary/aromatic N) is 1. The Morgan fingerprint density at radius 2 is 1.53 bits per heavy atom. The predicted octanol–water partition coefficient (Wildman–Crippen LogP) is 2.99. The first-order valence-electron chi connectivity index (χ1n) is 5.78. The molecule has 1 N–H and O–H groups in total. The number of imide groups is 1. The highest BCUT2D eigenvalue weighted by Gasteiger charge is 2.26. The first kappa shape index (κ1) is 13.5. The van der Waals surface area contributed by atoms with Crippen molar-refractivity contribution in [3.63, 3.8) is 0 Å². The number of halogens is 1. The van der Waals surface area contributed by atoms with Gasteiger partial charge in [-0.3, -0.25) is 9.59 Å². The molecule has 0 aliphatic carbocycles. The largest absolute Gasteiger partial charge is 0.507 e. The molecule has 0 radical (unpaired) electrons. The van der Waals surface area contributed by atoms with Crippen molar-refractivity contribution in [1.82, 2.24) is 3.93 Å². The summed E-state index contributed by atoms with van der Waals surface area (Å²) in [5.74, 6) is 0.0631. The number of amides is 2. The van der Waals surface area contributed by atoms with E-state index in [1.807, 2.05) is 36.4 Å². The standard InChI is InChI=1S/C10H8O.C4H4BrNO2/c11-10-7-3-5-8-4-1-2-6-9(8)10;5-6-3(7)1-2-4(6)8/h1-7,11H;1-2H2. The second-order valence-corrected chi connectivity index (χ2v) is 4.78. The molecule has 0 unspecified atom stereocenters. The van der Waals surface area contributed by atoms with E-state index in [1.54, 1.807) is 6.07 Å². The summed E-state index contributed by atoms with van der Waals surface area (Å²) < 4.78 is 0.979. The summed E-state index contributed by atoms with van der Waals surface area (Å²) in [6.07, 6.45) is 0.703. The molecule has 0 aromatic heterocycles. The first-order chi connectivity index (χ1) is 9.09. The molecule has 5 heteroatoms. The highest BCUT2D eigenvalue weighted by atomic mass is 79.9. The summed E-state index contributed by atoms with van der Waals surface area (Å²) >= 11 is 2.80. The zero-order valence-corrected chi connectivity index (χ0v) is 11.6. The normalized spacial score (nSPS) is 14.5. The smallest absolute Gasteiger partial charge is 0.239 e. The molecule has 2 aromatic carbocycles. The third kappa shape index (κ3) is 3.12. The van der Waals surface area contributed by atoms with E-state index in [0.717, 1.165) is 14.7 Å². The minimum atomic E-state index is -0.144. The summed E-state index contributed by atoms with van der Waals surface area (Å²) in [6, 6.07) is 13.3. The molecule has 0 saturated carbocycles. The molecule has 1 aliphatic heterocycles. The van der Waals surface area contributed by atoms with Gasteiger partial charge in [0.15, 0.2) is 0 Å². The van der Waals surface area contributed by atoms with Crippen molar-refractivity contribution in [3.8, 4) is 5.75 Å². The maximum atomic E-state index is 10.4. The zero-order valence-electron chi connectivity index (χ0n) is 10.0. The third-order valence-corrected chi connectivity index (χ3v) is 3.55. The van der Waals surface area contributed by atoms with Gasteiger partial charge in [-0.25, -0.2) is 3.93 Å². The van der Waals surface area contributed by atoms with Crippen LogP contribution in [0.5, 0.6) is 5.75 Å². The average Bonchev–Trinajstić information content (AvgIpc) is 2.72. The molecule has 3 rings (SSSR count). The van der Waals surface area contributed by atoms with Gasteiger partial charge in [-0.1, -0.05) is 36.4 Å². The molecule has 1 saturated heterocycles. The van der Waals surface area contributed by atoms with Crippen LogP contribution in [0.1, 0.15) is 12.8 Å². The van der Waals surface area contributed by atoms with E-state index >= 15 is 0 Å². The highest BCUT2D eigenvalue weighted by Crippen LogP contribution is 2.22. The second kappa shape index (κ2) is 5.84. The van der Waals surface area contributed by atoms with Crippen LogP contribution in [-0.4, -0.2) is 20.8 Å². The Labute approximate surface area is 119 Å². The van der Waals surface area contributed by atoms with Crippen LogP contribution < -0.4 is 0 Å². The lowest BCUT2D eigenvalue weighted by Gasteiger charge is -1.97. The lowest BCUT2D eigenvalue weighted by molar-refractivity contribution is -0.131. The Morgan fingerprint density at radius 3 is 2.05 bits per heavy atom. The molecular formula is C14H12BrNO3. The average molecular weight is 322 g/mol. The number of carbonyl (C=O) groups excluding carboxylic acids is 2. The number of carbonyl (C=O) groups is 2. The molecule has 0 atom stereocenters. The predicted molar refractivity (Wildman–Crippen MR) is 75.6 cm³/mol. The topological polar surface area (TPSA) is 57.6 Å². The van der Waals surface area contributed by atoms with Crippen molar-refractivity contribution in [2.24, 2.45) is 0 Å². The number of aromatic hydroxyl groups is 1. The van der Waals surface area contributed by atoms with Crippen LogP contribution in [-0.2, 0) is 9.59 Å². The highest BCUT2D eigenvalue weighted by molar-refractivity contribution is 9.08. The van der Waals surface area contributed by atoms with E-state index in [1.165, 1.54) is 0 Å². The van der Waals surface area contributed by atoms with Gasteiger partial charge in [0.2, 0.25) is 11.8 Å². The number of hydrogen-bond donors (Lipinski definition) is 1. The Morgan fingerprint density at radius 1 is 0.947 bits per heavy atom. The first-order valence-corrected chi connectivity index (χ1v) is 6.49. The van der Waals surface area contributed by atoms with Gasteiger partial charge in [0, 0.05) is 18.2 Å². The van der Waals surface area contributed by atoms with E-state index in [4.69, 9.17) is 0 Å². The summed E-state index contributed by atoms with van der Waals surface area (Å²) in [5, 5.41) is 11.4. The number of fused-ring (bicyclic) bond motifs is 1. The molecule has 98 valence electrons. The number of phenols is 1. The summed E-state index contributed by atoms with van der Waals surface area (Å²) in [5.41, 5.74) is 0. The molecule has 1 aliphatic rings. The van der Waals surface area contributed by atoms with Crippen molar-refractivity contribution in [2.75, 3.05) is 0 Å². The molecule has 19 heavy (non-hydrogen) atoms. The van der Waals surface area contributed by atoms with Crippen molar-refractivity contribution in [2.45, 2.75) is 12.8 Å². The number of rotatable bonds is 0. The number of hydrogen-bond acceptors (Lipinski definition) is 3. The van der Waals surface area contributed by atoms with Crippen LogP contribution >= 0.6 is 16.1 Å². The number of benzene rings is 2. The van der Waals surface area contributed by atoms with Crippen LogP contribution in [0.25, 0.3) is 10.8 Å². The summed E-state index contributed by atoms with van der Waals surface area (Å²) in [6.45, 7) is 0. The molecule has 1 fully saturated rings. The lowest BCUT2D eigenvalue weighted by Crippen LogP contribution is -2.16. The van der Waals surface area contributed by atoms with E-state index in [0.29, 0.717) is 18.6 Å². The van der Waals surface area contributed by atoms with Crippen molar-refractivity contribution in [3.05, 3.63) is 42.5 Å². The minimum absolute atomic E-state index is 0.144. The Bertz CT molecular complexity index is 606.